The van der Waals surface area contributed by atoms with Crippen LogP contribution in [0.3, 0.4) is 0 Å². The Morgan fingerprint density at radius 2 is 1.79 bits per heavy atom. The third kappa shape index (κ3) is 3.01. The van der Waals surface area contributed by atoms with Crippen LogP contribution < -0.4 is 5.59 Å². The number of aliphatic hydroxyl groups is 1. The normalized spacial score (nSPS) is 21.9. The van der Waals surface area contributed by atoms with E-state index in [2.05, 4.69) is 5.10 Å². The molecule has 1 aromatic heterocycles. The molecule has 0 bridgehead atoms. The Hall–Kier alpha value is -0.845. The minimum atomic E-state index is -0.792. The van der Waals surface area contributed by atoms with Crippen LogP contribution in [-0.2, 0) is 15.9 Å². The van der Waals surface area contributed by atoms with Crippen LogP contribution in [0.15, 0.2) is 12.3 Å². The third-order valence-electron chi connectivity index (χ3n) is 3.70. The first-order chi connectivity index (χ1) is 8.50. The monoisotopic (exact) mass is 266 g/mol. The van der Waals surface area contributed by atoms with Gasteiger partial charge in [0, 0.05) is 6.20 Å². The molecular formula is C13H23BN2O3. The topological polar surface area (TPSA) is 56.5 Å². The number of aromatic nitrogens is 2. The van der Waals surface area contributed by atoms with E-state index in [0.717, 1.165) is 5.59 Å². The first kappa shape index (κ1) is 14.6. The van der Waals surface area contributed by atoms with Gasteiger partial charge in [0.2, 0.25) is 0 Å². The standard InChI is InChI=1S/C13H23BN2O3/c1-11(2,17)9-16-8-7-10(15-16)14-18-12(3,4)13(5,6)19-14/h7-8,17H,9H2,1-6H3. The van der Waals surface area contributed by atoms with E-state index in [-0.39, 0.29) is 11.2 Å². The molecule has 1 saturated heterocycles. The lowest BCUT2D eigenvalue weighted by molar-refractivity contribution is 0.00578. The van der Waals surface area contributed by atoms with E-state index in [0.29, 0.717) is 6.54 Å². The van der Waals surface area contributed by atoms with Crippen LogP contribution in [0.2, 0.25) is 0 Å². The van der Waals surface area contributed by atoms with Gasteiger partial charge in [-0.1, -0.05) is 0 Å². The van der Waals surface area contributed by atoms with E-state index >= 15 is 0 Å². The molecule has 1 N–H and O–H groups in total. The first-order valence-electron chi connectivity index (χ1n) is 6.62. The Morgan fingerprint density at radius 1 is 1.26 bits per heavy atom. The Labute approximate surface area is 115 Å². The van der Waals surface area contributed by atoms with E-state index in [1.807, 2.05) is 40.0 Å². The summed E-state index contributed by atoms with van der Waals surface area (Å²) in [4.78, 5) is 0. The Kier molecular flexibility index (Phi) is 3.32. The van der Waals surface area contributed by atoms with Gasteiger partial charge in [0.25, 0.3) is 0 Å². The fraction of sp³-hybridized carbons (Fsp3) is 0.769. The van der Waals surface area contributed by atoms with Crippen LogP contribution in [-0.4, -0.2) is 38.8 Å². The van der Waals surface area contributed by atoms with Crippen molar-refractivity contribution in [1.29, 1.82) is 0 Å². The maximum atomic E-state index is 9.79. The van der Waals surface area contributed by atoms with Crippen LogP contribution >= 0.6 is 0 Å². The van der Waals surface area contributed by atoms with Crippen LogP contribution in [0.1, 0.15) is 41.5 Å². The summed E-state index contributed by atoms with van der Waals surface area (Å²) in [6, 6.07) is 1.87. The molecule has 1 aromatic rings. The predicted octanol–water partition coefficient (Wildman–Crippen LogP) is 0.953. The maximum absolute atomic E-state index is 9.79. The zero-order valence-corrected chi connectivity index (χ0v) is 12.6. The molecular weight excluding hydrogens is 243 g/mol. The summed E-state index contributed by atoms with van der Waals surface area (Å²) in [7, 11) is -0.451. The van der Waals surface area contributed by atoms with Crippen LogP contribution in [0, 0.1) is 0 Å². The molecule has 1 aliphatic heterocycles. The van der Waals surface area contributed by atoms with Gasteiger partial charge in [-0.05, 0) is 47.6 Å². The predicted molar refractivity (Wildman–Crippen MR) is 74.2 cm³/mol. The van der Waals surface area contributed by atoms with E-state index < -0.39 is 12.7 Å². The second-order valence-corrected chi connectivity index (χ2v) is 6.84. The molecule has 2 rings (SSSR count). The molecule has 0 saturated carbocycles. The number of hydrogen-bond acceptors (Lipinski definition) is 4. The van der Waals surface area contributed by atoms with Crippen molar-refractivity contribution in [2.75, 3.05) is 0 Å². The molecule has 0 aromatic carbocycles. The molecule has 1 fully saturated rings. The SMILES string of the molecule is CC(C)(O)Cn1ccc(B2OC(C)(C)C(C)(C)O2)n1. The first-order valence-corrected chi connectivity index (χ1v) is 6.62. The summed E-state index contributed by atoms with van der Waals surface area (Å²) in [6.07, 6.45) is 1.83. The summed E-state index contributed by atoms with van der Waals surface area (Å²) in [5.41, 5.74) is -0.780. The van der Waals surface area contributed by atoms with Crippen molar-refractivity contribution in [3.8, 4) is 0 Å². The van der Waals surface area contributed by atoms with Crippen LogP contribution in [0.5, 0.6) is 0 Å². The molecule has 6 heteroatoms. The van der Waals surface area contributed by atoms with Gasteiger partial charge < -0.3 is 14.4 Å². The average molecular weight is 266 g/mol. The molecule has 19 heavy (non-hydrogen) atoms. The lowest BCUT2D eigenvalue weighted by atomic mass is 9.85. The maximum Gasteiger partial charge on any atom is 0.516 e. The number of hydrogen-bond donors (Lipinski definition) is 1. The zero-order valence-electron chi connectivity index (χ0n) is 12.6. The fourth-order valence-electron chi connectivity index (χ4n) is 1.95. The highest BCUT2D eigenvalue weighted by Gasteiger charge is 2.52. The van der Waals surface area contributed by atoms with Gasteiger partial charge in [0.1, 0.15) is 0 Å². The Morgan fingerprint density at radius 3 is 2.26 bits per heavy atom. The van der Waals surface area contributed by atoms with E-state index in [1.165, 1.54) is 0 Å². The van der Waals surface area contributed by atoms with E-state index in [1.54, 1.807) is 18.5 Å². The summed E-state index contributed by atoms with van der Waals surface area (Å²) in [5, 5.41) is 14.2. The molecule has 0 amide bonds. The molecule has 0 aliphatic carbocycles. The zero-order chi connectivity index (χ0) is 14.5. The Balaban J connectivity index is 2.13. The van der Waals surface area contributed by atoms with Crippen molar-refractivity contribution in [2.24, 2.45) is 0 Å². The summed E-state index contributed by atoms with van der Waals surface area (Å²) in [5.74, 6) is 0. The summed E-state index contributed by atoms with van der Waals surface area (Å²) >= 11 is 0. The van der Waals surface area contributed by atoms with E-state index in [9.17, 15) is 5.11 Å². The smallest absolute Gasteiger partial charge is 0.398 e. The van der Waals surface area contributed by atoms with Gasteiger partial charge in [-0.25, -0.2) is 0 Å². The van der Waals surface area contributed by atoms with Crippen molar-refractivity contribution in [2.45, 2.75) is 64.9 Å². The molecule has 5 nitrogen and oxygen atoms in total. The van der Waals surface area contributed by atoms with Gasteiger partial charge >= 0.3 is 7.12 Å². The van der Waals surface area contributed by atoms with Gasteiger partial charge in [-0.2, -0.15) is 5.10 Å². The largest absolute Gasteiger partial charge is 0.516 e. The van der Waals surface area contributed by atoms with Crippen LogP contribution in [0.4, 0.5) is 0 Å². The second-order valence-electron chi connectivity index (χ2n) is 6.84. The van der Waals surface area contributed by atoms with Crippen molar-refractivity contribution in [1.82, 2.24) is 9.78 Å². The van der Waals surface area contributed by atoms with Gasteiger partial charge in [-0.15, -0.1) is 0 Å². The molecule has 0 unspecified atom stereocenters. The molecule has 1 aliphatic rings. The number of rotatable bonds is 3. The average Bonchev–Trinajstić information content (AvgIpc) is 2.68. The van der Waals surface area contributed by atoms with Crippen molar-refractivity contribution >= 4 is 12.7 Å². The highest BCUT2D eigenvalue weighted by Crippen LogP contribution is 2.36. The highest BCUT2D eigenvalue weighted by molar-refractivity contribution is 6.61. The summed E-state index contributed by atoms with van der Waals surface area (Å²) < 4.78 is 13.6. The van der Waals surface area contributed by atoms with Crippen molar-refractivity contribution in [3.05, 3.63) is 12.3 Å². The fourth-order valence-corrected chi connectivity index (χ4v) is 1.95. The Bertz CT molecular complexity index is 447. The number of nitrogens with zero attached hydrogens (tertiary/aromatic N) is 2. The second kappa shape index (κ2) is 4.33. The summed E-state index contributed by atoms with van der Waals surface area (Å²) in [6.45, 7) is 12.0. The minimum Gasteiger partial charge on any atom is -0.398 e. The van der Waals surface area contributed by atoms with E-state index in [4.69, 9.17) is 9.31 Å². The molecule has 106 valence electrons. The molecule has 0 radical (unpaired) electrons. The van der Waals surface area contributed by atoms with Gasteiger partial charge in [0.05, 0.1) is 28.9 Å². The lowest BCUT2D eigenvalue weighted by Gasteiger charge is -2.32. The molecule has 2 heterocycles. The highest BCUT2D eigenvalue weighted by atomic mass is 16.7. The van der Waals surface area contributed by atoms with Gasteiger partial charge in [0.15, 0.2) is 0 Å². The lowest BCUT2D eigenvalue weighted by Crippen LogP contribution is -2.41. The molecule has 0 spiro atoms. The van der Waals surface area contributed by atoms with Gasteiger partial charge in [-0.3, -0.25) is 4.68 Å². The van der Waals surface area contributed by atoms with Crippen LogP contribution in [0.25, 0.3) is 0 Å². The minimum absolute atomic E-state index is 0.363. The third-order valence-corrected chi connectivity index (χ3v) is 3.70. The van der Waals surface area contributed by atoms with Crippen molar-refractivity contribution in [3.63, 3.8) is 0 Å². The molecule has 0 atom stereocenters. The quantitative estimate of drug-likeness (QED) is 0.828. The van der Waals surface area contributed by atoms with Crippen molar-refractivity contribution < 1.29 is 14.4 Å².